The zero-order valence-corrected chi connectivity index (χ0v) is 30.4. The zero-order chi connectivity index (χ0) is 37.0. The Morgan fingerprint density at radius 1 is 0.286 bits per heavy atom. The van der Waals surface area contributed by atoms with E-state index in [1.165, 1.54) is 21.5 Å². The lowest BCUT2D eigenvalue weighted by molar-refractivity contribution is 1.12. The number of benzene rings is 8. The van der Waals surface area contributed by atoms with Crippen molar-refractivity contribution in [2.24, 2.45) is 0 Å². The van der Waals surface area contributed by atoms with Crippen molar-refractivity contribution in [3.05, 3.63) is 206 Å². The normalized spacial score (nSPS) is 11.6. The van der Waals surface area contributed by atoms with E-state index in [1.54, 1.807) is 0 Å². The molecule has 3 heterocycles. The zero-order valence-electron chi connectivity index (χ0n) is 30.4. The van der Waals surface area contributed by atoms with Crippen molar-refractivity contribution >= 4 is 43.6 Å². The summed E-state index contributed by atoms with van der Waals surface area (Å²) in [6, 6.07) is 73.1. The minimum Gasteiger partial charge on any atom is -0.309 e. The van der Waals surface area contributed by atoms with Crippen molar-refractivity contribution in [1.82, 2.24) is 19.1 Å². The van der Waals surface area contributed by atoms with Crippen molar-refractivity contribution in [3.63, 3.8) is 0 Å². The minimum atomic E-state index is 0.659. The number of para-hydroxylation sites is 4. The fourth-order valence-electron chi connectivity index (χ4n) is 8.46. The Balaban J connectivity index is 1.27. The van der Waals surface area contributed by atoms with E-state index in [2.05, 4.69) is 215 Å². The highest BCUT2D eigenvalue weighted by atomic mass is 15.0. The topological polar surface area (TPSA) is 35.6 Å². The van der Waals surface area contributed by atoms with Crippen molar-refractivity contribution in [1.29, 1.82) is 0 Å². The van der Waals surface area contributed by atoms with E-state index < -0.39 is 0 Å². The van der Waals surface area contributed by atoms with Crippen molar-refractivity contribution in [2.75, 3.05) is 0 Å². The molecular weight excluding hydrogens is 681 g/mol. The van der Waals surface area contributed by atoms with Crippen LogP contribution in [0.25, 0.3) is 100 Å². The third-order valence-corrected chi connectivity index (χ3v) is 10.9. The monoisotopic (exact) mass is 714 g/mol. The van der Waals surface area contributed by atoms with Gasteiger partial charge in [0.25, 0.3) is 0 Å². The Hall–Kier alpha value is -7.56. The molecule has 0 unspecified atom stereocenters. The Kier molecular flexibility index (Phi) is 7.46. The molecular formula is C52H34N4. The van der Waals surface area contributed by atoms with Crippen LogP contribution in [0.3, 0.4) is 0 Å². The van der Waals surface area contributed by atoms with Crippen molar-refractivity contribution < 1.29 is 0 Å². The molecule has 262 valence electrons. The maximum absolute atomic E-state index is 5.54. The molecule has 0 aliphatic heterocycles. The summed E-state index contributed by atoms with van der Waals surface area (Å²) in [7, 11) is 0. The van der Waals surface area contributed by atoms with E-state index in [4.69, 9.17) is 9.97 Å². The second-order valence-corrected chi connectivity index (χ2v) is 14.2. The Morgan fingerprint density at radius 2 is 0.607 bits per heavy atom. The fourth-order valence-corrected chi connectivity index (χ4v) is 8.46. The molecule has 0 saturated carbocycles. The van der Waals surface area contributed by atoms with Gasteiger partial charge in [-0.3, -0.25) is 0 Å². The van der Waals surface area contributed by atoms with Gasteiger partial charge in [-0.25, -0.2) is 9.97 Å². The number of fused-ring (bicyclic) bond motifs is 6. The van der Waals surface area contributed by atoms with Gasteiger partial charge in [-0.05, 0) is 48.0 Å². The summed E-state index contributed by atoms with van der Waals surface area (Å²) in [6.45, 7) is 0. The van der Waals surface area contributed by atoms with Crippen LogP contribution in [0.1, 0.15) is 0 Å². The fraction of sp³-hybridized carbons (Fsp3) is 0. The van der Waals surface area contributed by atoms with Gasteiger partial charge in [-0.2, -0.15) is 0 Å². The van der Waals surface area contributed by atoms with Crippen molar-refractivity contribution in [3.8, 4) is 56.4 Å². The first kappa shape index (κ1) is 31.9. The van der Waals surface area contributed by atoms with Gasteiger partial charge in [-0.15, -0.1) is 0 Å². The lowest BCUT2D eigenvalue weighted by atomic mass is 9.94. The first-order valence-electron chi connectivity index (χ1n) is 19.0. The van der Waals surface area contributed by atoms with E-state index >= 15 is 0 Å². The lowest BCUT2D eigenvalue weighted by Crippen LogP contribution is -2.03. The van der Waals surface area contributed by atoms with E-state index in [9.17, 15) is 0 Å². The molecule has 0 fully saturated rings. The molecule has 0 aliphatic carbocycles. The molecule has 0 N–H and O–H groups in total. The van der Waals surface area contributed by atoms with Crippen LogP contribution in [-0.2, 0) is 0 Å². The molecule has 56 heavy (non-hydrogen) atoms. The van der Waals surface area contributed by atoms with E-state index in [0.717, 1.165) is 72.6 Å². The van der Waals surface area contributed by atoms with Crippen LogP contribution in [0.2, 0.25) is 0 Å². The lowest BCUT2D eigenvalue weighted by Gasteiger charge is -2.19. The third kappa shape index (κ3) is 5.15. The number of nitrogens with zero attached hydrogens (tertiary/aromatic N) is 4. The molecule has 0 radical (unpaired) electrons. The molecule has 4 nitrogen and oxygen atoms in total. The highest BCUT2D eigenvalue weighted by Gasteiger charge is 2.22. The second-order valence-electron chi connectivity index (χ2n) is 14.2. The van der Waals surface area contributed by atoms with Gasteiger partial charge in [0, 0.05) is 55.2 Å². The molecule has 0 saturated heterocycles. The molecule has 0 bridgehead atoms. The maximum atomic E-state index is 5.54. The molecule has 11 aromatic rings. The summed E-state index contributed by atoms with van der Waals surface area (Å²) in [5.41, 5.74) is 13.5. The van der Waals surface area contributed by atoms with Gasteiger partial charge in [0.05, 0.1) is 33.5 Å². The van der Waals surface area contributed by atoms with Gasteiger partial charge < -0.3 is 9.13 Å². The summed E-state index contributed by atoms with van der Waals surface area (Å²) in [4.78, 5) is 11.1. The summed E-state index contributed by atoms with van der Waals surface area (Å²) in [5.74, 6) is 0.659. The molecule has 8 aromatic carbocycles. The molecule has 3 aromatic heterocycles. The average Bonchev–Trinajstić information content (AvgIpc) is 3.80. The van der Waals surface area contributed by atoms with Crippen LogP contribution >= 0.6 is 0 Å². The summed E-state index contributed by atoms with van der Waals surface area (Å²) < 4.78 is 4.78. The largest absolute Gasteiger partial charge is 0.309 e. The molecule has 0 atom stereocenters. The molecule has 0 amide bonds. The Bertz CT molecular complexity index is 2930. The van der Waals surface area contributed by atoms with Crippen LogP contribution < -0.4 is 0 Å². The second kappa shape index (κ2) is 13.1. The third-order valence-electron chi connectivity index (χ3n) is 10.9. The Morgan fingerprint density at radius 3 is 0.982 bits per heavy atom. The van der Waals surface area contributed by atoms with Crippen LogP contribution in [0, 0.1) is 0 Å². The van der Waals surface area contributed by atoms with E-state index in [0.29, 0.717) is 5.82 Å². The molecule has 4 heteroatoms. The van der Waals surface area contributed by atoms with Gasteiger partial charge in [0.2, 0.25) is 0 Å². The minimum absolute atomic E-state index is 0.659. The van der Waals surface area contributed by atoms with Gasteiger partial charge in [0.1, 0.15) is 0 Å². The van der Waals surface area contributed by atoms with Gasteiger partial charge >= 0.3 is 0 Å². The first-order chi connectivity index (χ1) is 27.8. The molecule has 0 spiro atoms. The summed E-state index contributed by atoms with van der Waals surface area (Å²) in [5, 5.41) is 4.86. The highest BCUT2D eigenvalue weighted by molar-refractivity contribution is 6.10. The van der Waals surface area contributed by atoms with Crippen LogP contribution in [0.15, 0.2) is 206 Å². The highest BCUT2D eigenvalue weighted by Crippen LogP contribution is 2.41. The summed E-state index contributed by atoms with van der Waals surface area (Å²) >= 11 is 0. The first-order valence-corrected chi connectivity index (χ1v) is 19.0. The molecule has 0 aliphatic rings. The average molecular weight is 715 g/mol. The smallest absolute Gasteiger partial charge is 0.160 e. The van der Waals surface area contributed by atoms with Crippen LogP contribution in [0.4, 0.5) is 0 Å². The number of hydrogen-bond donors (Lipinski definition) is 0. The number of rotatable bonds is 6. The van der Waals surface area contributed by atoms with E-state index in [1.807, 2.05) is 0 Å². The Labute approximate surface area is 324 Å². The molecule has 11 rings (SSSR count). The quantitative estimate of drug-likeness (QED) is 0.172. The van der Waals surface area contributed by atoms with E-state index in [-0.39, 0.29) is 0 Å². The van der Waals surface area contributed by atoms with Crippen LogP contribution in [0.5, 0.6) is 0 Å². The van der Waals surface area contributed by atoms with Gasteiger partial charge in [0.15, 0.2) is 5.82 Å². The van der Waals surface area contributed by atoms with Crippen molar-refractivity contribution in [2.45, 2.75) is 0 Å². The maximum Gasteiger partial charge on any atom is 0.160 e. The predicted octanol–water partition coefficient (Wildman–Crippen LogP) is 13.3. The number of hydrogen-bond acceptors (Lipinski definition) is 2. The predicted molar refractivity (Wildman–Crippen MR) is 232 cm³/mol. The van der Waals surface area contributed by atoms with Gasteiger partial charge in [-0.1, -0.05) is 164 Å². The summed E-state index contributed by atoms with van der Waals surface area (Å²) in [6.07, 6.45) is 0. The SMILES string of the molecule is c1ccc(-c2nc(-c3cc(-n4c5ccccc5c5ccccc54)cc(-n4c5ccccc5c5ccccc54)c3)nc(-c3ccccc3)c2-c2ccccc2)cc1. The standard InChI is InChI=1S/C52H34N4/c1-4-18-35(19-5-1)49-50(36-20-6-2-7-21-36)53-52(54-51(49)37-22-8-3-9-23-37)38-32-39(55-45-28-14-10-24-41(45)42-25-11-15-29-46(42)55)34-40(33-38)56-47-30-16-12-26-43(47)44-27-13-17-31-48(44)56/h1-34H. The number of aromatic nitrogens is 4. The van der Waals surface area contributed by atoms with Crippen LogP contribution in [-0.4, -0.2) is 19.1 Å².